The summed E-state index contributed by atoms with van der Waals surface area (Å²) in [5.74, 6) is -9.94. The number of hydrogen-bond acceptors (Lipinski definition) is 1. The molecule has 0 heterocycles. The molecule has 0 saturated carbocycles. The predicted octanol–water partition coefficient (Wildman–Crippen LogP) is 4.99. The van der Waals surface area contributed by atoms with Gasteiger partial charge in [0.2, 0.25) is 0 Å². The Morgan fingerprint density at radius 3 is 1.38 bits per heavy atom. The zero-order valence-electron chi connectivity index (χ0n) is 9.98. The highest BCUT2D eigenvalue weighted by atomic mass is 19.4. The Kier molecular flexibility index (Phi) is 5.53. The molecule has 12 heteroatoms. The van der Waals surface area contributed by atoms with Crippen molar-refractivity contribution < 1.29 is 53.0 Å². The topological polar surface area (TPSA) is 9.23 Å². The van der Waals surface area contributed by atoms with Crippen molar-refractivity contribution in [2.24, 2.45) is 0 Å². The first-order valence-corrected chi connectivity index (χ1v) is 5.03. The smallest absolute Gasteiger partial charge is 0.461 e. The van der Waals surface area contributed by atoms with E-state index in [2.05, 4.69) is 4.74 Å². The van der Waals surface area contributed by atoms with Crippen molar-refractivity contribution in [3.05, 3.63) is 11.3 Å². The highest BCUT2D eigenvalue weighted by Gasteiger charge is 2.67. The summed E-state index contributed by atoms with van der Waals surface area (Å²) in [6, 6.07) is 0. The van der Waals surface area contributed by atoms with Gasteiger partial charge in [0.1, 0.15) is 0 Å². The summed E-state index contributed by atoms with van der Waals surface area (Å²) < 4.78 is 139. The Hall–Kier alpha value is -1.23. The zero-order valence-corrected chi connectivity index (χ0v) is 9.98. The molecular formula is C9H7F11O. The SMILES string of the molecule is CCCOC(=C(C(F)(F)F)C(F)(F)F)C(F)(F)C(F)(F)F. The molecule has 0 rings (SSSR count). The second-order valence-corrected chi connectivity index (χ2v) is 3.62. The van der Waals surface area contributed by atoms with Gasteiger partial charge in [0.15, 0.2) is 11.3 Å². The molecule has 1 nitrogen and oxygen atoms in total. The van der Waals surface area contributed by atoms with Gasteiger partial charge in [-0.2, -0.15) is 48.3 Å². The minimum absolute atomic E-state index is 0.388. The van der Waals surface area contributed by atoms with Gasteiger partial charge < -0.3 is 4.74 Å². The predicted molar refractivity (Wildman–Crippen MR) is 46.4 cm³/mol. The molecule has 126 valence electrons. The first kappa shape index (κ1) is 19.8. The van der Waals surface area contributed by atoms with E-state index < -0.39 is 42.4 Å². The Labute approximate surface area is 110 Å². The van der Waals surface area contributed by atoms with Crippen LogP contribution in [0.15, 0.2) is 11.3 Å². The van der Waals surface area contributed by atoms with Gasteiger partial charge in [0, 0.05) is 0 Å². The summed E-state index contributed by atoms with van der Waals surface area (Å²) >= 11 is 0. The number of allylic oxidation sites excluding steroid dienone is 2. The second-order valence-electron chi connectivity index (χ2n) is 3.62. The minimum atomic E-state index is -6.68. The first-order chi connectivity index (χ1) is 9.06. The van der Waals surface area contributed by atoms with Gasteiger partial charge in [0.25, 0.3) is 0 Å². The third-order valence-corrected chi connectivity index (χ3v) is 1.89. The Balaban J connectivity index is 6.38. The molecule has 0 aromatic rings. The van der Waals surface area contributed by atoms with E-state index in [4.69, 9.17) is 0 Å². The third kappa shape index (κ3) is 4.63. The molecule has 0 aliphatic rings. The summed E-state index contributed by atoms with van der Waals surface area (Å²) in [4.78, 5) is 0. The highest BCUT2D eigenvalue weighted by Crippen LogP contribution is 2.49. The maximum Gasteiger partial charge on any atom is 0.461 e. The molecule has 0 aromatic heterocycles. The van der Waals surface area contributed by atoms with Crippen LogP contribution in [0.2, 0.25) is 0 Å². The van der Waals surface area contributed by atoms with Crippen molar-refractivity contribution in [3.63, 3.8) is 0 Å². The van der Waals surface area contributed by atoms with Gasteiger partial charge in [-0.25, -0.2) is 0 Å². The molecule has 0 radical (unpaired) electrons. The second kappa shape index (κ2) is 5.87. The van der Waals surface area contributed by atoms with E-state index in [1.807, 2.05) is 0 Å². The number of alkyl halides is 11. The summed E-state index contributed by atoms with van der Waals surface area (Å²) in [6.07, 6.45) is -20.1. The van der Waals surface area contributed by atoms with Gasteiger partial charge in [-0.15, -0.1) is 0 Å². The van der Waals surface area contributed by atoms with Gasteiger partial charge >= 0.3 is 24.5 Å². The van der Waals surface area contributed by atoms with E-state index in [0.717, 1.165) is 6.92 Å². The van der Waals surface area contributed by atoms with Crippen LogP contribution in [-0.2, 0) is 4.74 Å². The van der Waals surface area contributed by atoms with Crippen molar-refractivity contribution >= 4 is 0 Å². The zero-order chi connectivity index (χ0) is 17.3. The monoisotopic (exact) mass is 340 g/mol. The summed E-state index contributed by atoms with van der Waals surface area (Å²) in [5, 5.41) is 0. The quantitative estimate of drug-likeness (QED) is 0.518. The molecule has 0 atom stereocenters. The average molecular weight is 340 g/mol. The number of hydrogen-bond donors (Lipinski definition) is 0. The van der Waals surface area contributed by atoms with E-state index in [9.17, 15) is 48.3 Å². The van der Waals surface area contributed by atoms with Gasteiger partial charge in [0.05, 0.1) is 6.61 Å². The average Bonchev–Trinajstić information content (AvgIpc) is 2.17. The lowest BCUT2D eigenvalue weighted by Gasteiger charge is -2.27. The van der Waals surface area contributed by atoms with Crippen LogP contribution in [-0.4, -0.2) is 31.1 Å². The molecule has 0 aliphatic carbocycles. The summed E-state index contributed by atoms with van der Waals surface area (Å²) in [6.45, 7) is -0.0964. The Morgan fingerprint density at radius 2 is 1.14 bits per heavy atom. The van der Waals surface area contributed by atoms with Crippen LogP contribution in [0.3, 0.4) is 0 Å². The van der Waals surface area contributed by atoms with Crippen molar-refractivity contribution in [1.82, 2.24) is 0 Å². The lowest BCUT2D eigenvalue weighted by Crippen LogP contribution is -2.43. The summed E-state index contributed by atoms with van der Waals surface area (Å²) in [5.41, 5.74) is -4.02. The molecule has 0 amide bonds. The Morgan fingerprint density at radius 1 is 0.762 bits per heavy atom. The normalized spacial score (nSPS) is 14.1. The van der Waals surface area contributed by atoms with Crippen LogP contribution < -0.4 is 0 Å². The third-order valence-electron chi connectivity index (χ3n) is 1.89. The largest absolute Gasteiger partial charge is 0.491 e. The van der Waals surface area contributed by atoms with Gasteiger partial charge in [-0.1, -0.05) is 6.92 Å². The van der Waals surface area contributed by atoms with Crippen molar-refractivity contribution in [3.8, 4) is 0 Å². The minimum Gasteiger partial charge on any atom is -0.491 e. The highest BCUT2D eigenvalue weighted by molar-refractivity contribution is 5.26. The fourth-order valence-electron chi connectivity index (χ4n) is 1.07. The van der Waals surface area contributed by atoms with E-state index in [1.54, 1.807) is 0 Å². The van der Waals surface area contributed by atoms with Crippen LogP contribution in [0.1, 0.15) is 13.3 Å². The molecule has 0 saturated heterocycles. The number of halogens is 11. The lowest BCUT2D eigenvalue weighted by atomic mass is 10.1. The van der Waals surface area contributed by atoms with Gasteiger partial charge in [-0.3, -0.25) is 0 Å². The molecule has 0 bridgehead atoms. The molecular weight excluding hydrogens is 333 g/mol. The van der Waals surface area contributed by atoms with E-state index in [1.165, 1.54) is 0 Å². The molecule has 0 N–H and O–H groups in total. The van der Waals surface area contributed by atoms with Crippen LogP contribution in [0.5, 0.6) is 0 Å². The van der Waals surface area contributed by atoms with Crippen LogP contribution in [0.25, 0.3) is 0 Å². The molecule has 0 fully saturated rings. The fraction of sp³-hybridized carbons (Fsp3) is 0.778. The lowest BCUT2D eigenvalue weighted by molar-refractivity contribution is -0.281. The fourth-order valence-corrected chi connectivity index (χ4v) is 1.07. The number of rotatable bonds is 4. The van der Waals surface area contributed by atoms with Gasteiger partial charge in [-0.05, 0) is 6.42 Å². The maximum absolute atomic E-state index is 12.9. The first-order valence-electron chi connectivity index (χ1n) is 5.03. The van der Waals surface area contributed by atoms with E-state index >= 15 is 0 Å². The van der Waals surface area contributed by atoms with Crippen molar-refractivity contribution in [2.75, 3.05) is 6.61 Å². The van der Waals surface area contributed by atoms with Crippen LogP contribution in [0, 0.1) is 0 Å². The van der Waals surface area contributed by atoms with Crippen molar-refractivity contribution in [1.29, 1.82) is 0 Å². The molecule has 21 heavy (non-hydrogen) atoms. The molecule has 0 aliphatic heterocycles. The summed E-state index contributed by atoms with van der Waals surface area (Å²) in [7, 11) is 0. The maximum atomic E-state index is 12.9. The standard InChI is InChI=1S/C9H7F11O/c1-2-3-21-5(6(10,11)9(18,19)20)4(7(12,13)14)8(15,16)17/h2-3H2,1H3. The molecule has 0 aromatic carbocycles. The molecule has 0 spiro atoms. The van der Waals surface area contributed by atoms with Crippen LogP contribution >= 0.6 is 0 Å². The Bertz CT molecular complexity index is 368. The van der Waals surface area contributed by atoms with Crippen LogP contribution in [0.4, 0.5) is 48.3 Å². The van der Waals surface area contributed by atoms with E-state index in [-0.39, 0.29) is 6.42 Å². The molecule has 0 unspecified atom stereocenters. The number of ether oxygens (including phenoxy) is 1. The van der Waals surface area contributed by atoms with Crippen molar-refractivity contribution in [2.45, 2.75) is 37.8 Å². The van der Waals surface area contributed by atoms with E-state index in [0.29, 0.717) is 0 Å².